The third-order valence-corrected chi connectivity index (χ3v) is 6.53. The summed E-state index contributed by atoms with van der Waals surface area (Å²) in [5, 5.41) is 7.34. The van der Waals surface area contributed by atoms with Gasteiger partial charge in [-0.3, -0.25) is 19.3 Å². The maximum Gasteiger partial charge on any atom is 0.261 e. The average molecular weight is 518 g/mol. The van der Waals surface area contributed by atoms with Crippen molar-refractivity contribution in [2.24, 2.45) is 0 Å². The van der Waals surface area contributed by atoms with E-state index < -0.39 is 17.9 Å². The Morgan fingerprint density at radius 3 is 2.49 bits per heavy atom. The molecule has 2 aromatic heterocycles. The van der Waals surface area contributed by atoms with Gasteiger partial charge in [0.25, 0.3) is 5.91 Å². The first-order valence-corrected chi connectivity index (χ1v) is 12.5. The largest absolute Gasteiger partial charge is 0.497 e. The summed E-state index contributed by atoms with van der Waals surface area (Å²) in [6.45, 7) is 1.80. The number of aryl methyl sites for hydroxylation is 1. The number of hydrogen-bond donors (Lipinski definition) is 2. The summed E-state index contributed by atoms with van der Waals surface area (Å²) in [5.74, 6) is -0.115. The highest BCUT2D eigenvalue weighted by atomic mass is 32.1. The van der Waals surface area contributed by atoms with Gasteiger partial charge in [0.05, 0.1) is 31.3 Å². The lowest BCUT2D eigenvalue weighted by molar-refractivity contribution is -0.126. The third-order valence-electron chi connectivity index (χ3n) is 5.66. The van der Waals surface area contributed by atoms with Crippen molar-refractivity contribution in [2.75, 3.05) is 18.6 Å². The summed E-state index contributed by atoms with van der Waals surface area (Å²) in [7, 11) is 1.53. The molecule has 3 amide bonds. The number of hydrogen-bond acceptors (Lipinski definition) is 6. The summed E-state index contributed by atoms with van der Waals surface area (Å²) in [5.41, 5.74) is 2.08. The van der Waals surface area contributed by atoms with E-state index in [1.165, 1.54) is 29.6 Å². The molecule has 0 aliphatic heterocycles. The van der Waals surface area contributed by atoms with E-state index in [-0.39, 0.29) is 19.0 Å². The first-order chi connectivity index (χ1) is 18.0. The van der Waals surface area contributed by atoms with Gasteiger partial charge in [0, 0.05) is 11.8 Å². The quantitative estimate of drug-likeness (QED) is 0.323. The van der Waals surface area contributed by atoms with Crippen LogP contribution in [0.4, 0.5) is 5.69 Å². The molecule has 2 N–H and O–H groups in total. The van der Waals surface area contributed by atoms with E-state index in [0.717, 1.165) is 5.56 Å². The van der Waals surface area contributed by atoms with Crippen LogP contribution in [0.15, 0.2) is 88.9 Å². The Hall–Kier alpha value is -4.37. The molecule has 190 valence electrons. The molecule has 0 saturated heterocycles. The number of thiophene rings is 1. The minimum absolute atomic E-state index is 0.156. The fraction of sp³-hybridized carbons (Fsp3) is 0.179. The van der Waals surface area contributed by atoms with E-state index in [9.17, 15) is 14.4 Å². The molecule has 0 unspecified atom stereocenters. The first kappa shape index (κ1) is 25.7. The lowest BCUT2D eigenvalue weighted by Gasteiger charge is -2.32. The Morgan fingerprint density at radius 2 is 1.81 bits per heavy atom. The topological polar surface area (TPSA) is 101 Å². The summed E-state index contributed by atoms with van der Waals surface area (Å²) < 4.78 is 10.7. The molecule has 2 heterocycles. The van der Waals surface area contributed by atoms with Crippen molar-refractivity contribution in [1.82, 2.24) is 10.6 Å². The number of carbonyl (C=O) groups is 3. The van der Waals surface area contributed by atoms with Crippen LogP contribution in [0, 0.1) is 6.92 Å². The normalized spacial score (nSPS) is 11.4. The van der Waals surface area contributed by atoms with Crippen LogP contribution in [-0.2, 0) is 16.1 Å². The van der Waals surface area contributed by atoms with Crippen molar-refractivity contribution in [3.05, 3.63) is 106 Å². The molecule has 4 rings (SSSR count). The molecule has 0 radical (unpaired) electrons. The zero-order valence-electron chi connectivity index (χ0n) is 20.5. The Balaban J connectivity index is 1.69. The molecule has 0 fully saturated rings. The Labute approximate surface area is 218 Å². The minimum Gasteiger partial charge on any atom is -0.497 e. The molecule has 2 aromatic carbocycles. The van der Waals surface area contributed by atoms with Gasteiger partial charge in [-0.15, -0.1) is 11.3 Å². The van der Waals surface area contributed by atoms with Crippen molar-refractivity contribution < 1.29 is 23.5 Å². The second-order valence-corrected chi connectivity index (χ2v) is 9.18. The Morgan fingerprint density at radius 1 is 1.00 bits per heavy atom. The van der Waals surface area contributed by atoms with E-state index >= 15 is 0 Å². The predicted molar refractivity (Wildman–Crippen MR) is 142 cm³/mol. The van der Waals surface area contributed by atoms with Gasteiger partial charge < -0.3 is 19.8 Å². The number of nitrogens with one attached hydrogen (secondary N) is 2. The van der Waals surface area contributed by atoms with Crippen molar-refractivity contribution in [1.29, 1.82) is 0 Å². The second kappa shape index (κ2) is 12.0. The zero-order valence-corrected chi connectivity index (χ0v) is 21.3. The van der Waals surface area contributed by atoms with Gasteiger partial charge in [0.1, 0.15) is 17.6 Å². The molecule has 0 aliphatic rings. The SMILES string of the molecule is COc1cccc(N(C(=O)CNC(=O)c2cccs2)[C@H](C(=O)NCc2ccco2)c2ccc(C)cc2)c1. The second-order valence-electron chi connectivity index (χ2n) is 8.24. The van der Waals surface area contributed by atoms with Crippen LogP contribution in [-0.4, -0.2) is 31.4 Å². The number of rotatable bonds is 10. The molecule has 1 atom stereocenters. The maximum absolute atomic E-state index is 13.7. The van der Waals surface area contributed by atoms with Crippen LogP contribution in [0.5, 0.6) is 5.75 Å². The highest BCUT2D eigenvalue weighted by molar-refractivity contribution is 7.12. The highest BCUT2D eigenvalue weighted by Gasteiger charge is 2.33. The number of nitrogens with zero attached hydrogens (tertiary/aromatic N) is 1. The van der Waals surface area contributed by atoms with Crippen LogP contribution in [0.3, 0.4) is 0 Å². The number of ether oxygens (including phenoxy) is 1. The van der Waals surface area contributed by atoms with Crippen molar-refractivity contribution in [3.8, 4) is 5.75 Å². The number of anilines is 1. The Bertz CT molecular complexity index is 1330. The maximum atomic E-state index is 13.7. The van der Waals surface area contributed by atoms with Crippen LogP contribution in [0.2, 0.25) is 0 Å². The number of methoxy groups -OCH3 is 1. The summed E-state index contributed by atoms with van der Waals surface area (Å²) >= 11 is 1.28. The van der Waals surface area contributed by atoms with Gasteiger partial charge in [0.15, 0.2) is 0 Å². The third kappa shape index (κ3) is 6.45. The molecule has 37 heavy (non-hydrogen) atoms. The number of amides is 3. The van der Waals surface area contributed by atoms with Gasteiger partial charge in [-0.2, -0.15) is 0 Å². The zero-order chi connectivity index (χ0) is 26.2. The molecule has 0 spiro atoms. The summed E-state index contributed by atoms with van der Waals surface area (Å²) in [6.07, 6.45) is 1.53. The van der Waals surface area contributed by atoms with Crippen LogP contribution >= 0.6 is 11.3 Å². The smallest absolute Gasteiger partial charge is 0.261 e. The Kier molecular flexibility index (Phi) is 8.37. The van der Waals surface area contributed by atoms with Gasteiger partial charge in [-0.1, -0.05) is 42.0 Å². The van der Waals surface area contributed by atoms with Gasteiger partial charge in [-0.25, -0.2) is 0 Å². The van der Waals surface area contributed by atoms with Crippen molar-refractivity contribution >= 4 is 34.7 Å². The minimum atomic E-state index is -1.02. The van der Waals surface area contributed by atoms with E-state index in [4.69, 9.17) is 9.15 Å². The van der Waals surface area contributed by atoms with Crippen LogP contribution < -0.4 is 20.3 Å². The van der Waals surface area contributed by atoms with E-state index in [1.807, 2.05) is 31.2 Å². The van der Waals surface area contributed by atoms with Crippen LogP contribution in [0.1, 0.15) is 32.6 Å². The summed E-state index contributed by atoms with van der Waals surface area (Å²) in [4.78, 5) is 41.8. The van der Waals surface area contributed by atoms with Crippen LogP contribution in [0.25, 0.3) is 0 Å². The molecule has 9 heteroatoms. The monoisotopic (exact) mass is 517 g/mol. The molecule has 0 bridgehead atoms. The number of benzene rings is 2. The highest BCUT2D eigenvalue weighted by Crippen LogP contribution is 2.31. The molecular formula is C28H27N3O5S. The average Bonchev–Trinajstić information content (AvgIpc) is 3.64. The fourth-order valence-corrected chi connectivity index (χ4v) is 4.42. The fourth-order valence-electron chi connectivity index (χ4n) is 3.78. The first-order valence-electron chi connectivity index (χ1n) is 11.6. The molecule has 0 saturated carbocycles. The molecular weight excluding hydrogens is 490 g/mol. The summed E-state index contributed by atoms with van der Waals surface area (Å²) in [6, 6.07) is 20.2. The van der Waals surface area contributed by atoms with E-state index in [0.29, 0.717) is 27.6 Å². The van der Waals surface area contributed by atoms with Crippen molar-refractivity contribution in [3.63, 3.8) is 0 Å². The number of carbonyl (C=O) groups excluding carboxylic acids is 3. The number of furan rings is 1. The standard InChI is InChI=1S/C28H27N3O5S/c1-19-10-12-20(13-11-19)26(28(34)29-17-23-8-4-14-36-23)31(21-6-3-7-22(16-21)35-2)25(32)18-30-27(33)24-9-5-15-37-24/h3-16,26H,17-18H2,1-2H3,(H,29,34)(H,30,33)/t26-/m0/s1. The van der Waals surface area contributed by atoms with Gasteiger partial charge in [0.2, 0.25) is 11.8 Å². The molecule has 4 aromatic rings. The van der Waals surface area contributed by atoms with Gasteiger partial charge in [-0.05, 0) is 48.2 Å². The van der Waals surface area contributed by atoms with Crippen molar-refractivity contribution in [2.45, 2.75) is 19.5 Å². The predicted octanol–water partition coefficient (Wildman–Crippen LogP) is 4.48. The lowest BCUT2D eigenvalue weighted by atomic mass is 10.0. The van der Waals surface area contributed by atoms with E-state index in [2.05, 4.69) is 10.6 Å². The lowest BCUT2D eigenvalue weighted by Crippen LogP contribution is -2.47. The van der Waals surface area contributed by atoms with E-state index in [1.54, 1.807) is 53.9 Å². The molecule has 8 nitrogen and oxygen atoms in total. The van der Waals surface area contributed by atoms with Gasteiger partial charge >= 0.3 is 0 Å². The molecule has 0 aliphatic carbocycles.